The van der Waals surface area contributed by atoms with Gasteiger partial charge in [0.25, 0.3) is 5.69 Å². The number of aliphatic imine (C=N–C) groups is 1. The lowest BCUT2D eigenvalue weighted by atomic mass is 9.95. The maximum atomic E-state index is 12.1. The number of nitro groups is 1. The maximum Gasteiger partial charge on any atom is 0.341 e. The van der Waals surface area contributed by atoms with Crippen LogP contribution in [0.2, 0.25) is 0 Å². The molecule has 0 saturated heterocycles. The summed E-state index contributed by atoms with van der Waals surface area (Å²) in [7, 11) is 1.36. The predicted molar refractivity (Wildman–Crippen MR) is 92.7 cm³/mol. The van der Waals surface area contributed by atoms with Gasteiger partial charge in [0.2, 0.25) is 0 Å². The number of aryl methyl sites for hydroxylation is 1. The second-order valence-electron chi connectivity index (χ2n) is 5.49. The lowest BCUT2D eigenvalue weighted by Gasteiger charge is -2.11. The van der Waals surface area contributed by atoms with Crippen LogP contribution in [0.25, 0.3) is 0 Å². The predicted octanol–water partition coefficient (Wildman–Crippen LogP) is 4.07. The molecule has 1 heterocycles. The highest BCUT2D eigenvalue weighted by atomic mass is 32.1. The molecule has 1 aliphatic carbocycles. The summed E-state index contributed by atoms with van der Waals surface area (Å²) in [6.45, 7) is 0. The molecular formula is C17H16N2O4S. The van der Waals surface area contributed by atoms with E-state index in [0.29, 0.717) is 16.1 Å². The summed E-state index contributed by atoms with van der Waals surface area (Å²) in [4.78, 5) is 28.2. The average molecular weight is 344 g/mol. The molecule has 3 rings (SSSR count). The molecule has 0 spiro atoms. The summed E-state index contributed by atoms with van der Waals surface area (Å²) in [6, 6.07) is 6.23. The van der Waals surface area contributed by atoms with E-state index < -0.39 is 4.92 Å². The third kappa shape index (κ3) is 3.21. The van der Waals surface area contributed by atoms with Crippen molar-refractivity contribution in [1.82, 2.24) is 0 Å². The van der Waals surface area contributed by atoms with Crippen LogP contribution in [-0.2, 0) is 17.6 Å². The van der Waals surface area contributed by atoms with Crippen LogP contribution in [0.15, 0.2) is 29.3 Å². The number of fused-ring (bicyclic) bond motifs is 1. The van der Waals surface area contributed by atoms with Crippen LogP contribution >= 0.6 is 11.3 Å². The van der Waals surface area contributed by atoms with Gasteiger partial charge in [-0.05, 0) is 36.8 Å². The number of carbonyl (C=O) groups is 1. The van der Waals surface area contributed by atoms with E-state index in [2.05, 4.69) is 4.99 Å². The fourth-order valence-electron chi connectivity index (χ4n) is 2.81. The second kappa shape index (κ2) is 6.92. The molecule has 0 unspecified atom stereocenters. The molecule has 2 aromatic rings. The van der Waals surface area contributed by atoms with Crippen molar-refractivity contribution in [1.29, 1.82) is 0 Å². The molecule has 0 radical (unpaired) electrons. The molecule has 0 saturated carbocycles. The number of ether oxygens (including phenoxy) is 1. The van der Waals surface area contributed by atoms with E-state index in [4.69, 9.17) is 4.74 Å². The number of benzene rings is 1. The minimum Gasteiger partial charge on any atom is -0.465 e. The summed E-state index contributed by atoms with van der Waals surface area (Å²) in [5, 5.41) is 11.5. The minimum atomic E-state index is -0.443. The van der Waals surface area contributed by atoms with Crippen LogP contribution in [0.3, 0.4) is 0 Å². The monoisotopic (exact) mass is 344 g/mol. The van der Waals surface area contributed by atoms with Crippen LogP contribution in [0.4, 0.5) is 10.7 Å². The van der Waals surface area contributed by atoms with Gasteiger partial charge in [-0.1, -0.05) is 12.1 Å². The van der Waals surface area contributed by atoms with Gasteiger partial charge < -0.3 is 4.74 Å². The number of non-ortho nitro benzene ring substituents is 1. The zero-order chi connectivity index (χ0) is 17.1. The minimum absolute atomic E-state index is 0.0117. The van der Waals surface area contributed by atoms with Crippen LogP contribution in [-0.4, -0.2) is 24.2 Å². The van der Waals surface area contributed by atoms with Crippen molar-refractivity contribution < 1.29 is 14.5 Å². The normalized spacial score (nSPS) is 13.7. The molecular weight excluding hydrogens is 328 g/mol. The van der Waals surface area contributed by atoms with Crippen LogP contribution in [0, 0.1) is 10.1 Å². The first-order valence-corrected chi connectivity index (χ1v) is 8.43. The Bertz CT molecular complexity index is 826. The highest BCUT2D eigenvalue weighted by molar-refractivity contribution is 7.16. The molecule has 6 nitrogen and oxygen atoms in total. The van der Waals surface area contributed by atoms with Crippen molar-refractivity contribution in [2.75, 3.05) is 7.11 Å². The van der Waals surface area contributed by atoms with E-state index in [9.17, 15) is 14.9 Å². The van der Waals surface area contributed by atoms with Gasteiger partial charge in [-0.2, -0.15) is 0 Å². The molecule has 0 fully saturated rings. The topological polar surface area (TPSA) is 81.8 Å². The SMILES string of the molecule is COC(=O)c1c(N=Cc2cccc([N+](=O)[O-])c2)sc2c1CCCC2. The fourth-order valence-corrected chi connectivity index (χ4v) is 4.03. The number of thiophene rings is 1. The molecule has 1 aromatic heterocycles. The number of methoxy groups -OCH3 is 1. The number of hydrogen-bond acceptors (Lipinski definition) is 6. The van der Waals surface area contributed by atoms with Crippen LogP contribution in [0.5, 0.6) is 0 Å². The lowest BCUT2D eigenvalue weighted by Crippen LogP contribution is -2.07. The number of nitrogens with zero attached hydrogens (tertiary/aromatic N) is 2. The molecule has 24 heavy (non-hydrogen) atoms. The maximum absolute atomic E-state index is 12.1. The van der Waals surface area contributed by atoms with Gasteiger partial charge in [-0.15, -0.1) is 11.3 Å². The van der Waals surface area contributed by atoms with Crippen molar-refractivity contribution in [2.24, 2.45) is 4.99 Å². The largest absolute Gasteiger partial charge is 0.465 e. The van der Waals surface area contributed by atoms with Gasteiger partial charge in [-0.25, -0.2) is 9.79 Å². The third-order valence-electron chi connectivity index (χ3n) is 3.95. The first kappa shape index (κ1) is 16.3. The van der Waals surface area contributed by atoms with Gasteiger partial charge >= 0.3 is 5.97 Å². The zero-order valence-corrected chi connectivity index (χ0v) is 14.0. The van der Waals surface area contributed by atoms with Crippen LogP contribution < -0.4 is 0 Å². The van der Waals surface area contributed by atoms with E-state index in [1.54, 1.807) is 18.3 Å². The molecule has 0 amide bonds. The van der Waals surface area contributed by atoms with Crippen molar-refractivity contribution in [3.8, 4) is 0 Å². The Labute approximate surface area is 143 Å². The fraction of sp³-hybridized carbons (Fsp3) is 0.294. The van der Waals surface area contributed by atoms with Gasteiger partial charge in [0.05, 0.1) is 17.6 Å². The number of rotatable bonds is 4. The average Bonchev–Trinajstić information content (AvgIpc) is 2.98. The summed E-state index contributed by atoms with van der Waals surface area (Å²) in [5.41, 5.74) is 2.21. The van der Waals surface area contributed by atoms with Crippen molar-refractivity contribution in [3.05, 3.63) is 55.9 Å². The molecule has 0 atom stereocenters. The molecule has 1 aliphatic rings. The van der Waals surface area contributed by atoms with E-state index >= 15 is 0 Å². The lowest BCUT2D eigenvalue weighted by molar-refractivity contribution is -0.384. The van der Waals surface area contributed by atoms with E-state index in [-0.39, 0.29) is 11.7 Å². The summed E-state index contributed by atoms with van der Waals surface area (Å²) in [6.07, 6.45) is 5.54. The van der Waals surface area contributed by atoms with Crippen molar-refractivity contribution >= 4 is 34.2 Å². The summed E-state index contributed by atoms with van der Waals surface area (Å²) in [5.74, 6) is -0.374. The quantitative estimate of drug-likeness (QED) is 0.362. The van der Waals surface area contributed by atoms with E-state index in [1.165, 1.54) is 35.5 Å². The molecule has 0 N–H and O–H groups in total. The molecule has 1 aromatic carbocycles. The first-order valence-electron chi connectivity index (χ1n) is 7.61. The number of carbonyl (C=O) groups excluding carboxylic acids is 1. The van der Waals surface area contributed by atoms with Gasteiger partial charge in [0, 0.05) is 23.2 Å². The molecule has 0 bridgehead atoms. The third-order valence-corrected chi connectivity index (χ3v) is 5.15. The number of hydrogen-bond donors (Lipinski definition) is 0. The van der Waals surface area contributed by atoms with Crippen molar-refractivity contribution in [2.45, 2.75) is 25.7 Å². The standard InChI is InChI=1S/C17H16N2O4S/c1-23-17(20)15-13-7-2-3-8-14(13)24-16(15)18-10-11-5-4-6-12(9-11)19(21)22/h4-6,9-10H,2-3,7-8H2,1H3. The van der Waals surface area contributed by atoms with Crippen molar-refractivity contribution in [3.63, 3.8) is 0 Å². The highest BCUT2D eigenvalue weighted by Crippen LogP contribution is 2.40. The number of esters is 1. The summed E-state index contributed by atoms with van der Waals surface area (Å²) < 4.78 is 4.91. The Morgan fingerprint density at radius 2 is 2.17 bits per heavy atom. The zero-order valence-electron chi connectivity index (χ0n) is 13.2. The van der Waals surface area contributed by atoms with Gasteiger partial charge in [0.1, 0.15) is 5.00 Å². The summed E-state index contributed by atoms with van der Waals surface area (Å²) >= 11 is 1.50. The van der Waals surface area contributed by atoms with E-state index in [1.807, 2.05) is 0 Å². The Morgan fingerprint density at radius 3 is 2.92 bits per heavy atom. The second-order valence-corrected chi connectivity index (χ2v) is 6.58. The molecule has 7 heteroatoms. The molecule has 0 aliphatic heterocycles. The van der Waals surface area contributed by atoms with Crippen LogP contribution in [0.1, 0.15) is 39.2 Å². The smallest absolute Gasteiger partial charge is 0.341 e. The first-order chi connectivity index (χ1) is 11.6. The highest BCUT2D eigenvalue weighted by Gasteiger charge is 2.25. The Kier molecular flexibility index (Phi) is 4.71. The van der Waals surface area contributed by atoms with Gasteiger partial charge in [-0.3, -0.25) is 10.1 Å². The van der Waals surface area contributed by atoms with Gasteiger partial charge in [0.15, 0.2) is 0 Å². The van der Waals surface area contributed by atoms with E-state index in [0.717, 1.165) is 31.2 Å². The number of nitro benzene ring substituents is 1. The Balaban J connectivity index is 1.97. The Hall–Kier alpha value is -2.54. The molecule has 124 valence electrons. The Morgan fingerprint density at radius 1 is 1.38 bits per heavy atom.